The van der Waals surface area contributed by atoms with Gasteiger partial charge in [0.15, 0.2) is 11.6 Å². The maximum Gasteiger partial charge on any atom is 0.263 e. The molecule has 1 unspecified atom stereocenters. The van der Waals surface area contributed by atoms with Gasteiger partial charge in [-0.05, 0) is 37.8 Å². The maximum absolute atomic E-state index is 13.4. The number of benzene rings is 1. The summed E-state index contributed by atoms with van der Waals surface area (Å²) in [6.45, 7) is 2.02. The number of hydrogen-bond donors (Lipinski definition) is 1. The van der Waals surface area contributed by atoms with E-state index in [9.17, 15) is 12.8 Å². The predicted molar refractivity (Wildman–Crippen MR) is 83.4 cm³/mol. The number of ether oxygens (including phenoxy) is 1. The molecule has 0 saturated heterocycles. The summed E-state index contributed by atoms with van der Waals surface area (Å²) in [5.41, 5.74) is 0. The molecular formula is C15H18FN3O3S. The smallest absolute Gasteiger partial charge is 0.263 e. The number of anilines is 1. The second kappa shape index (κ2) is 5.84. The van der Waals surface area contributed by atoms with E-state index in [1.54, 1.807) is 16.9 Å². The third kappa shape index (κ3) is 3.17. The zero-order chi connectivity index (χ0) is 16.6. The van der Waals surface area contributed by atoms with Crippen molar-refractivity contribution in [1.82, 2.24) is 9.78 Å². The highest BCUT2D eigenvalue weighted by molar-refractivity contribution is 7.92. The van der Waals surface area contributed by atoms with Gasteiger partial charge in [0.2, 0.25) is 0 Å². The van der Waals surface area contributed by atoms with Crippen LogP contribution in [-0.4, -0.2) is 25.3 Å². The molecule has 1 aliphatic carbocycles. The summed E-state index contributed by atoms with van der Waals surface area (Å²) in [4.78, 5) is -0.0671. The van der Waals surface area contributed by atoms with Gasteiger partial charge in [0.25, 0.3) is 10.0 Å². The quantitative estimate of drug-likeness (QED) is 0.878. The number of halogens is 1. The molecule has 0 bridgehead atoms. The van der Waals surface area contributed by atoms with Crippen molar-refractivity contribution in [1.29, 1.82) is 0 Å². The Morgan fingerprint density at radius 1 is 1.39 bits per heavy atom. The minimum atomic E-state index is -3.85. The monoisotopic (exact) mass is 339 g/mol. The fourth-order valence-corrected chi connectivity index (χ4v) is 3.57. The van der Waals surface area contributed by atoms with E-state index in [4.69, 9.17) is 4.74 Å². The summed E-state index contributed by atoms with van der Waals surface area (Å²) in [6, 6.07) is 5.16. The van der Waals surface area contributed by atoms with Crippen LogP contribution in [0.1, 0.15) is 25.8 Å². The van der Waals surface area contributed by atoms with Gasteiger partial charge < -0.3 is 4.74 Å². The van der Waals surface area contributed by atoms with Gasteiger partial charge in [-0.15, -0.1) is 0 Å². The average molecular weight is 339 g/mol. The molecular weight excluding hydrogens is 321 g/mol. The fourth-order valence-electron chi connectivity index (χ4n) is 2.50. The van der Waals surface area contributed by atoms with Gasteiger partial charge in [0, 0.05) is 12.1 Å². The third-order valence-electron chi connectivity index (χ3n) is 4.03. The molecule has 0 amide bonds. The molecule has 0 radical (unpaired) electrons. The minimum Gasteiger partial charge on any atom is -0.494 e. The van der Waals surface area contributed by atoms with Crippen molar-refractivity contribution in [2.45, 2.75) is 30.7 Å². The van der Waals surface area contributed by atoms with Crippen LogP contribution in [-0.2, 0) is 10.0 Å². The third-order valence-corrected chi connectivity index (χ3v) is 5.38. The maximum atomic E-state index is 13.4. The highest BCUT2D eigenvalue weighted by atomic mass is 32.2. The van der Waals surface area contributed by atoms with E-state index in [1.807, 2.05) is 6.92 Å². The van der Waals surface area contributed by atoms with E-state index in [-0.39, 0.29) is 16.7 Å². The van der Waals surface area contributed by atoms with Gasteiger partial charge in [-0.1, -0.05) is 0 Å². The highest BCUT2D eigenvalue weighted by Gasteiger charge is 2.31. The first-order valence-electron chi connectivity index (χ1n) is 7.32. The van der Waals surface area contributed by atoms with E-state index >= 15 is 0 Å². The standard InChI is InChI=1S/C15H18FN3O3S/c1-10(11-3-4-11)19-15(7-8-17-19)18-23(20,21)12-5-6-13(16)14(9-12)22-2/h5-11,18H,3-4H2,1-2H3. The van der Waals surface area contributed by atoms with E-state index in [2.05, 4.69) is 9.82 Å². The summed E-state index contributed by atoms with van der Waals surface area (Å²) in [5.74, 6) is 0.198. The van der Waals surface area contributed by atoms with Crippen molar-refractivity contribution in [3.63, 3.8) is 0 Å². The van der Waals surface area contributed by atoms with Crippen molar-refractivity contribution >= 4 is 15.8 Å². The van der Waals surface area contributed by atoms with Crippen LogP contribution in [0.15, 0.2) is 35.4 Å². The van der Waals surface area contributed by atoms with Crippen LogP contribution >= 0.6 is 0 Å². The number of nitrogens with zero attached hydrogens (tertiary/aromatic N) is 2. The molecule has 8 heteroatoms. The summed E-state index contributed by atoms with van der Waals surface area (Å²) in [5, 5.41) is 4.21. The van der Waals surface area contributed by atoms with Gasteiger partial charge in [-0.2, -0.15) is 5.10 Å². The molecule has 0 aliphatic heterocycles. The molecule has 3 rings (SSSR count). The average Bonchev–Trinajstić information content (AvgIpc) is 3.27. The second-order valence-corrected chi connectivity index (χ2v) is 7.32. The second-order valence-electron chi connectivity index (χ2n) is 5.64. The molecule has 1 atom stereocenters. The lowest BCUT2D eigenvalue weighted by molar-refractivity contribution is 0.385. The number of sulfonamides is 1. The van der Waals surface area contributed by atoms with Crippen LogP contribution in [0, 0.1) is 11.7 Å². The Balaban J connectivity index is 1.88. The first kappa shape index (κ1) is 15.8. The lowest BCUT2D eigenvalue weighted by atomic mass is 10.2. The van der Waals surface area contributed by atoms with E-state index in [0.717, 1.165) is 25.0 Å². The zero-order valence-corrected chi connectivity index (χ0v) is 13.7. The largest absolute Gasteiger partial charge is 0.494 e. The predicted octanol–water partition coefficient (Wildman–Crippen LogP) is 2.80. The molecule has 6 nitrogen and oxygen atoms in total. The molecule has 1 N–H and O–H groups in total. The van der Waals surface area contributed by atoms with E-state index in [1.165, 1.54) is 13.2 Å². The Morgan fingerprint density at radius 3 is 2.78 bits per heavy atom. The molecule has 1 aromatic heterocycles. The Bertz CT molecular complexity index is 815. The number of methoxy groups -OCH3 is 1. The normalized spacial score (nSPS) is 16.1. The Hall–Kier alpha value is -2.09. The van der Waals surface area contributed by atoms with Crippen LogP contribution in [0.4, 0.5) is 10.2 Å². The van der Waals surface area contributed by atoms with Gasteiger partial charge in [0.1, 0.15) is 5.82 Å². The van der Waals surface area contributed by atoms with Crippen LogP contribution in [0.3, 0.4) is 0 Å². The first-order valence-corrected chi connectivity index (χ1v) is 8.80. The lowest BCUT2D eigenvalue weighted by Gasteiger charge is -2.16. The zero-order valence-electron chi connectivity index (χ0n) is 12.9. The Morgan fingerprint density at radius 2 is 2.13 bits per heavy atom. The minimum absolute atomic E-state index is 0.0671. The molecule has 1 aromatic carbocycles. The molecule has 1 aliphatic rings. The molecule has 1 saturated carbocycles. The summed E-state index contributed by atoms with van der Waals surface area (Å²) in [6.07, 6.45) is 3.81. The fraction of sp³-hybridized carbons (Fsp3) is 0.400. The SMILES string of the molecule is COc1cc(S(=O)(=O)Nc2ccnn2C(C)C2CC2)ccc1F. The molecule has 23 heavy (non-hydrogen) atoms. The van der Waals surface area contributed by atoms with Crippen LogP contribution in [0.5, 0.6) is 5.75 Å². The van der Waals surface area contributed by atoms with Gasteiger partial charge >= 0.3 is 0 Å². The summed E-state index contributed by atoms with van der Waals surface area (Å²) in [7, 11) is -2.57. The van der Waals surface area contributed by atoms with Crippen molar-refractivity contribution < 1.29 is 17.5 Å². The Kier molecular flexibility index (Phi) is 4.01. The molecule has 1 heterocycles. The van der Waals surface area contributed by atoms with E-state index < -0.39 is 15.8 Å². The van der Waals surface area contributed by atoms with Gasteiger partial charge in [0.05, 0.1) is 24.2 Å². The molecule has 2 aromatic rings. The van der Waals surface area contributed by atoms with Crippen molar-refractivity contribution in [2.75, 3.05) is 11.8 Å². The number of rotatable bonds is 6. The first-order chi connectivity index (χ1) is 10.9. The van der Waals surface area contributed by atoms with Crippen molar-refractivity contribution in [3.05, 3.63) is 36.3 Å². The van der Waals surface area contributed by atoms with Gasteiger partial charge in [-0.25, -0.2) is 17.5 Å². The molecule has 1 fully saturated rings. The van der Waals surface area contributed by atoms with Crippen molar-refractivity contribution in [2.24, 2.45) is 5.92 Å². The van der Waals surface area contributed by atoms with E-state index in [0.29, 0.717) is 11.7 Å². The number of nitrogens with one attached hydrogen (secondary N) is 1. The number of hydrogen-bond acceptors (Lipinski definition) is 4. The molecule has 0 spiro atoms. The van der Waals surface area contributed by atoms with Crippen molar-refractivity contribution in [3.8, 4) is 5.75 Å². The number of aromatic nitrogens is 2. The molecule has 124 valence electrons. The summed E-state index contributed by atoms with van der Waals surface area (Å²) >= 11 is 0. The lowest BCUT2D eigenvalue weighted by Crippen LogP contribution is -2.19. The van der Waals surface area contributed by atoms with Gasteiger partial charge in [-0.3, -0.25) is 4.72 Å². The summed E-state index contributed by atoms with van der Waals surface area (Å²) < 4.78 is 47.5. The highest BCUT2D eigenvalue weighted by Crippen LogP contribution is 2.40. The van der Waals surface area contributed by atoms with Crippen LogP contribution in [0.25, 0.3) is 0 Å². The topological polar surface area (TPSA) is 73.2 Å². The Labute approximate surface area is 134 Å². The van der Waals surface area contributed by atoms with Crippen LogP contribution < -0.4 is 9.46 Å². The van der Waals surface area contributed by atoms with Crippen LogP contribution in [0.2, 0.25) is 0 Å².